The molecule has 0 aliphatic heterocycles. The van der Waals surface area contributed by atoms with Crippen LogP contribution in [-0.4, -0.2) is 25.7 Å². The third-order valence-electron chi connectivity index (χ3n) is 4.14. The monoisotopic (exact) mass is 491 g/mol. The van der Waals surface area contributed by atoms with Gasteiger partial charge < -0.3 is 5.32 Å². The van der Waals surface area contributed by atoms with Gasteiger partial charge in [-0.1, -0.05) is 15.9 Å². The first-order valence-electron chi connectivity index (χ1n) is 8.37. The first-order valence-corrected chi connectivity index (χ1v) is 9.96. The smallest absolute Gasteiger partial charge is 0.251 e. The second-order valence-electron chi connectivity index (χ2n) is 6.36. The molecule has 140 valence electrons. The molecule has 1 N–H and O–H groups in total. The lowest BCUT2D eigenvalue weighted by molar-refractivity contribution is -0.115. The highest BCUT2D eigenvalue weighted by Gasteiger charge is 2.18. The number of aryl methyl sites for hydroxylation is 3. The molecule has 6 nitrogen and oxygen atoms in total. The fourth-order valence-corrected chi connectivity index (χ4v) is 3.58. The van der Waals surface area contributed by atoms with Gasteiger partial charge in [0.05, 0.1) is 17.8 Å². The standard InChI is InChI=1S/C19H19Br2N5O/c1-10-7-11(2)23-19(22-10)26-13(4)15(12(3)25-26)9-18(27)24-17-8-14(20)5-6-16(17)21/h5-8H,9H2,1-4H3,(H,24,27). The molecule has 0 radical (unpaired) electrons. The fraction of sp³-hybridized carbons (Fsp3) is 0.263. The van der Waals surface area contributed by atoms with Crippen molar-refractivity contribution in [2.24, 2.45) is 0 Å². The van der Waals surface area contributed by atoms with Crippen LogP contribution in [0.1, 0.15) is 28.3 Å². The molecule has 0 fully saturated rings. The van der Waals surface area contributed by atoms with Crippen LogP contribution in [0.15, 0.2) is 33.2 Å². The summed E-state index contributed by atoms with van der Waals surface area (Å²) in [5.41, 5.74) is 5.00. The number of hydrogen-bond donors (Lipinski definition) is 1. The van der Waals surface area contributed by atoms with Crippen molar-refractivity contribution in [1.82, 2.24) is 19.7 Å². The molecule has 8 heteroatoms. The summed E-state index contributed by atoms with van der Waals surface area (Å²) in [5.74, 6) is 0.412. The first kappa shape index (κ1) is 19.7. The number of amides is 1. The van der Waals surface area contributed by atoms with E-state index in [1.807, 2.05) is 52.0 Å². The first-order chi connectivity index (χ1) is 12.7. The van der Waals surface area contributed by atoms with Gasteiger partial charge in [0.15, 0.2) is 0 Å². The minimum atomic E-state index is -0.110. The van der Waals surface area contributed by atoms with E-state index in [9.17, 15) is 4.79 Å². The van der Waals surface area contributed by atoms with Gasteiger partial charge >= 0.3 is 0 Å². The molecule has 0 aliphatic carbocycles. The number of nitrogens with one attached hydrogen (secondary N) is 1. The number of hydrogen-bond acceptors (Lipinski definition) is 4. The average molecular weight is 493 g/mol. The Hall–Kier alpha value is -2.06. The minimum Gasteiger partial charge on any atom is -0.325 e. The van der Waals surface area contributed by atoms with E-state index in [0.717, 1.165) is 43.0 Å². The fourth-order valence-electron chi connectivity index (χ4n) is 2.88. The zero-order chi connectivity index (χ0) is 19.7. The van der Waals surface area contributed by atoms with Crippen molar-refractivity contribution >= 4 is 43.5 Å². The topological polar surface area (TPSA) is 72.7 Å². The maximum Gasteiger partial charge on any atom is 0.251 e. The van der Waals surface area contributed by atoms with Crippen LogP contribution >= 0.6 is 31.9 Å². The highest BCUT2D eigenvalue weighted by molar-refractivity contribution is 9.11. The van der Waals surface area contributed by atoms with Crippen LogP contribution in [0.5, 0.6) is 0 Å². The van der Waals surface area contributed by atoms with Crippen molar-refractivity contribution < 1.29 is 4.79 Å². The molecule has 27 heavy (non-hydrogen) atoms. The molecule has 0 saturated carbocycles. The van der Waals surface area contributed by atoms with E-state index in [0.29, 0.717) is 5.95 Å². The van der Waals surface area contributed by atoms with Gasteiger partial charge in [-0.2, -0.15) is 5.10 Å². The van der Waals surface area contributed by atoms with E-state index >= 15 is 0 Å². The summed E-state index contributed by atoms with van der Waals surface area (Å²) in [4.78, 5) is 21.5. The van der Waals surface area contributed by atoms with Gasteiger partial charge in [-0.3, -0.25) is 4.79 Å². The van der Waals surface area contributed by atoms with Crippen LogP contribution in [0.3, 0.4) is 0 Å². The number of carbonyl (C=O) groups is 1. The third kappa shape index (κ3) is 4.44. The highest BCUT2D eigenvalue weighted by Crippen LogP contribution is 2.26. The van der Waals surface area contributed by atoms with Gasteiger partial charge in [-0.25, -0.2) is 14.6 Å². The van der Waals surface area contributed by atoms with E-state index in [-0.39, 0.29) is 12.3 Å². The lowest BCUT2D eigenvalue weighted by Crippen LogP contribution is -2.16. The van der Waals surface area contributed by atoms with E-state index < -0.39 is 0 Å². The van der Waals surface area contributed by atoms with E-state index in [4.69, 9.17) is 0 Å². The number of rotatable bonds is 4. The van der Waals surface area contributed by atoms with E-state index in [1.54, 1.807) is 4.68 Å². The highest BCUT2D eigenvalue weighted by atomic mass is 79.9. The number of nitrogens with zero attached hydrogens (tertiary/aromatic N) is 4. The molecule has 3 rings (SSSR count). The van der Waals surface area contributed by atoms with Crippen LogP contribution in [0.4, 0.5) is 5.69 Å². The van der Waals surface area contributed by atoms with Gasteiger partial charge in [0.1, 0.15) is 0 Å². The van der Waals surface area contributed by atoms with Gasteiger partial charge in [-0.05, 0) is 67.9 Å². The number of benzene rings is 1. The van der Waals surface area contributed by atoms with Crippen molar-refractivity contribution in [1.29, 1.82) is 0 Å². The molecule has 2 aromatic heterocycles. The predicted molar refractivity (Wildman–Crippen MR) is 112 cm³/mol. The largest absolute Gasteiger partial charge is 0.325 e. The molecule has 1 amide bonds. The van der Waals surface area contributed by atoms with Gasteiger partial charge in [0.2, 0.25) is 5.91 Å². The molecule has 0 unspecified atom stereocenters. The summed E-state index contributed by atoms with van der Waals surface area (Å²) in [6, 6.07) is 7.56. The summed E-state index contributed by atoms with van der Waals surface area (Å²) in [7, 11) is 0. The second-order valence-corrected chi connectivity index (χ2v) is 8.13. The molecular formula is C19H19Br2N5O. The average Bonchev–Trinajstić information content (AvgIpc) is 2.85. The SMILES string of the molecule is Cc1cc(C)nc(-n2nc(C)c(CC(=O)Nc3cc(Br)ccc3Br)c2C)n1. The van der Waals surface area contributed by atoms with Crippen molar-refractivity contribution in [2.45, 2.75) is 34.1 Å². The maximum absolute atomic E-state index is 12.6. The van der Waals surface area contributed by atoms with E-state index in [2.05, 4.69) is 52.2 Å². The van der Waals surface area contributed by atoms with Crippen molar-refractivity contribution in [3.05, 3.63) is 61.6 Å². The normalized spacial score (nSPS) is 10.9. The molecule has 2 heterocycles. The zero-order valence-electron chi connectivity index (χ0n) is 15.5. The number of aromatic nitrogens is 4. The summed E-state index contributed by atoms with van der Waals surface area (Å²) in [6.45, 7) is 7.67. The molecule has 0 saturated heterocycles. The third-order valence-corrected chi connectivity index (χ3v) is 5.33. The number of halogens is 2. The quantitative estimate of drug-likeness (QED) is 0.577. The number of carbonyl (C=O) groups excluding carboxylic acids is 1. The predicted octanol–water partition coefficient (Wildman–Crippen LogP) is 4.60. The van der Waals surface area contributed by atoms with Gasteiger partial charge in [0.25, 0.3) is 5.95 Å². The van der Waals surface area contributed by atoms with Crippen molar-refractivity contribution in [3.63, 3.8) is 0 Å². The number of anilines is 1. The summed E-state index contributed by atoms with van der Waals surface area (Å²) >= 11 is 6.87. The molecule has 0 bridgehead atoms. The van der Waals surface area contributed by atoms with Crippen LogP contribution < -0.4 is 5.32 Å². The Balaban J connectivity index is 1.86. The Morgan fingerprint density at radius 1 is 1.07 bits per heavy atom. The van der Waals surface area contributed by atoms with Crippen molar-refractivity contribution in [3.8, 4) is 5.95 Å². The summed E-state index contributed by atoms with van der Waals surface area (Å²) < 4.78 is 3.42. The molecule has 0 aliphatic rings. The molecule has 0 atom stereocenters. The van der Waals surface area contributed by atoms with Crippen LogP contribution in [-0.2, 0) is 11.2 Å². The molecule has 3 aromatic rings. The Bertz CT molecular complexity index is 1010. The van der Waals surface area contributed by atoms with Gasteiger partial charge in [0, 0.05) is 31.6 Å². The van der Waals surface area contributed by atoms with Crippen LogP contribution in [0.2, 0.25) is 0 Å². The van der Waals surface area contributed by atoms with Gasteiger partial charge in [-0.15, -0.1) is 0 Å². The van der Waals surface area contributed by atoms with Crippen LogP contribution in [0.25, 0.3) is 5.95 Å². The maximum atomic E-state index is 12.6. The molecular weight excluding hydrogens is 474 g/mol. The zero-order valence-corrected chi connectivity index (χ0v) is 18.6. The summed E-state index contributed by atoms with van der Waals surface area (Å²) in [6.07, 6.45) is 0.224. The Morgan fingerprint density at radius 3 is 2.41 bits per heavy atom. The lowest BCUT2D eigenvalue weighted by atomic mass is 10.1. The summed E-state index contributed by atoms with van der Waals surface area (Å²) in [5, 5.41) is 7.49. The van der Waals surface area contributed by atoms with Crippen molar-refractivity contribution in [2.75, 3.05) is 5.32 Å². The molecule has 0 spiro atoms. The molecule has 1 aromatic carbocycles. The minimum absolute atomic E-state index is 0.110. The lowest BCUT2D eigenvalue weighted by Gasteiger charge is -2.09. The Morgan fingerprint density at radius 2 is 1.74 bits per heavy atom. The Kier molecular flexibility index (Phi) is 5.76. The second kappa shape index (κ2) is 7.90. The Labute approximate surface area is 174 Å². The van der Waals surface area contributed by atoms with E-state index in [1.165, 1.54) is 0 Å². The van der Waals surface area contributed by atoms with Crippen LogP contribution in [0, 0.1) is 27.7 Å².